The summed E-state index contributed by atoms with van der Waals surface area (Å²) >= 11 is 9.10. The summed E-state index contributed by atoms with van der Waals surface area (Å²) in [5.41, 5.74) is 0.345. The first-order chi connectivity index (χ1) is 11.0. The Balaban J connectivity index is 1.93. The van der Waals surface area contributed by atoms with E-state index in [1.54, 1.807) is 18.2 Å². The molecule has 0 heterocycles. The maximum atomic E-state index is 12.1. The highest BCUT2D eigenvalue weighted by atomic mass is 79.9. The van der Waals surface area contributed by atoms with Crippen LogP contribution in [0.2, 0.25) is 5.02 Å². The number of amides is 1. The number of carbonyl (C=O) groups excluding carboxylic acids is 1. The van der Waals surface area contributed by atoms with Crippen molar-refractivity contribution in [2.45, 2.75) is 6.61 Å². The van der Waals surface area contributed by atoms with Crippen molar-refractivity contribution in [3.8, 4) is 11.5 Å². The van der Waals surface area contributed by atoms with Crippen LogP contribution < -0.4 is 14.8 Å². The third-order valence-corrected chi connectivity index (χ3v) is 3.58. The molecule has 0 saturated heterocycles. The average molecular weight is 407 g/mol. The maximum Gasteiger partial charge on any atom is 0.387 e. The largest absolute Gasteiger partial charge is 0.483 e. The van der Waals surface area contributed by atoms with E-state index in [0.717, 1.165) is 4.47 Å². The van der Waals surface area contributed by atoms with Gasteiger partial charge in [0, 0.05) is 5.69 Å². The van der Waals surface area contributed by atoms with Gasteiger partial charge in [0.2, 0.25) is 0 Å². The number of alkyl halides is 2. The lowest BCUT2D eigenvalue weighted by molar-refractivity contribution is -0.118. The van der Waals surface area contributed by atoms with Gasteiger partial charge in [-0.2, -0.15) is 8.78 Å². The Labute approximate surface area is 144 Å². The van der Waals surface area contributed by atoms with Crippen molar-refractivity contribution in [1.29, 1.82) is 0 Å². The molecule has 0 spiro atoms. The first kappa shape index (κ1) is 17.5. The number of hydrogen-bond acceptors (Lipinski definition) is 3. The Bertz CT molecular complexity index is 700. The van der Waals surface area contributed by atoms with Gasteiger partial charge in [-0.1, -0.05) is 23.7 Å². The van der Waals surface area contributed by atoms with Crippen LogP contribution in [-0.4, -0.2) is 19.1 Å². The average Bonchev–Trinajstić information content (AvgIpc) is 2.49. The van der Waals surface area contributed by atoms with E-state index < -0.39 is 12.5 Å². The summed E-state index contributed by atoms with van der Waals surface area (Å²) in [5.74, 6) is -0.0511. The van der Waals surface area contributed by atoms with Crippen molar-refractivity contribution in [2.75, 3.05) is 11.9 Å². The Kier molecular flexibility index (Phi) is 6.18. The van der Waals surface area contributed by atoms with E-state index >= 15 is 0 Å². The van der Waals surface area contributed by atoms with Gasteiger partial charge in [0.1, 0.15) is 11.5 Å². The molecule has 0 aliphatic heterocycles. The fourth-order valence-electron chi connectivity index (χ4n) is 1.67. The van der Waals surface area contributed by atoms with Crippen LogP contribution in [0.4, 0.5) is 14.5 Å². The Morgan fingerprint density at radius 1 is 1.22 bits per heavy atom. The van der Waals surface area contributed by atoms with E-state index in [2.05, 4.69) is 26.0 Å². The van der Waals surface area contributed by atoms with E-state index in [1.165, 1.54) is 18.2 Å². The molecule has 8 heteroatoms. The van der Waals surface area contributed by atoms with Crippen LogP contribution in [-0.2, 0) is 4.79 Å². The zero-order chi connectivity index (χ0) is 16.8. The second-order valence-electron chi connectivity index (χ2n) is 4.29. The molecule has 23 heavy (non-hydrogen) atoms. The van der Waals surface area contributed by atoms with Crippen LogP contribution in [0.25, 0.3) is 0 Å². The zero-order valence-corrected chi connectivity index (χ0v) is 13.9. The molecule has 2 aromatic carbocycles. The predicted octanol–water partition coefficient (Wildman–Crippen LogP) is 4.72. The number of para-hydroxylation sites is 1. The van der Waals surface area contributed by atoms with Gasteiger partial charge in [-0.05, 0) is 46.3 Å². The molecule has 2 aromatic rings. The van der Waals surface area contributed by atoms with E-state index in [0.29, 0.717) is 11.4 Å². The Morgan fingerprint density at radius 2 is 1.96 bits per heavy atom. The van der Waals surface area contributed by atoms with Gasteiger partial charge in [0.15, 0.2) is 6.61 Å². The van der Waals surface area contributed by atoms with Crippen LogP contribution in [0.3, 0.4) is 0 Å². The topological polar surface area (TPSA) is 47.6 Å². The number of nitrogens with one attached hydrogen (secondary N) is 1. The minimum Gasteiger partial charge on any atom is -0.483 e. The fraction of sp³-hybridized carbons (Fsp3) is 0.133. The minimum atomic E-state index is -2.97. The van der Waals surface area contributed by atoms with Crippen LogP contribution in [0.5, 0.6) is 11.5 Å². The summed E-state index contributed by atoms with van der Waals surface area (Å²) in [6.07, 6.45) is 0. The number of rotatable bonds is 6. The van der Waals surface area contributed by atoms with Gasteiger partial charge in [-0.25, -0.2) is 0 Å². The van der Waals surface area contributed by atoms with Gasteiger partial charge in [0.25, 0.3) is 5.91 Å². The first-order valence-corrected chi connectivity index (χ1v) is 7.54. The van der Waals surface area contributed by atoms with Crippen molar-refractivity contribution in [1.82, 2.24) is 0 Å². The molecule has 0 atom stereocenters. The van der Waals surface area contributed by atoms with Crippen LogP contribution in [0, 0.1) is 0 Å². The SMILES string of the molecule is O=C(COc1ccccc1Br)Nc1ccc(OC(F)F)c(Cl)c1. The molecule has 122 valence electrons. The zero-order valence-electron chi connectivity index (χ0n) is 11.6. The van der Waals surface area contributed by atoms with Crippen LogP contribution in [0.15, 0.2) is 46.9 Å². The smallest absolute Gasteiger partial charge is 0.387 e. The normalized spacial score (nSPS) is 10.5. The molecule has 0 unspecified atom stereocenters. The van der Waals surface area contributed by atoms with E-state index in [-0.39, 0.29) is 17.4 Å². The minimum absolute atomic E-state index is 0.0326. The van der Waals surface area contributed by atoms with Crippen molar-refractivity contribution in [3.05, 3.63) is 52.0 Å². The van der Waals surface area contributed by atoms with E-state index in [4.69, 9.17) is 16.3 Å². The standard InChI is InChI=1S/C15H11BrClF2NO3/c16-10-3-1-2-4-12(10)22-8-14(21)20-9-5-6-13(11(17)7-9)23-15(18)19/h1-7,15H,8H2,(H,20,21). The highest BCUT2D eigenvalue weighted by Gasteiger charge is 2.11. The fourth-order valence-corrected chi connectivity index (χ4v) is 2.30. The molecule has 0 aromatic heterocycles. The van der Waals surface area contributed by atoms with Gasteiger partial charge in [-0.3, -0.25) is 4.79 Å². The van der Waals surface area contributed by atoms with Gasteiger partial charge >= 0.3 is 6.61 Å². The second-order valence-corrected chi connectivity index (χ2v) is 5.55. The molecule has 0 saturated carbocycles. The molecule has 1 N–H and O–H groups in total. The van der Waals surface area contributed by atoms with Crippen molar-refractivity contribution in [2.24, 2.45) is 0 Å². The molecule has 0 fully saturated rings. The number of ether oxygens (including phenoxy) is 2. The highest BCUT2D eigenvalue weighted by molar-refractivity contribution is 9.10. The number of anilines is 1. The number of hydrogen-bond donors (Lipinski definition) is 1. The number of halogens is 4. The van der Waals surface area contributed by atoms with Crippen molar-refractivity contribution < 1.29 is 23.0 Å². The molecule has 0 aliphatic carbocycles. The van der Waals surface area contributed by atoms with Gasteiger partial charge in [0.05, 0.1) is 9.50 Å². The Hall–Kier alpha value is -1.86. The number of benzene rings is 2. The van der Waals surface area contributed by atoms with Crippen molar-refractivity contribution in [3.63, 3.8) is 0 Å². The van der Waals surface area contributed by atoms with Crippen LogP contribution in [0.1, 0.15) is 0 Å². The molecule has 0 aliphatic rings. The van der Waals surface area contributed by atoms with Gasteiger partial charge < -0.3 is 14.8 Å². The summed E-state index contributed by atoms with van der Waals surface area (Å²) in [7, 11) is 0. The lowest BCUT2D eigenvalue weighted by Crippen LogP contribution is -2.20. The monoisotopic (exact) mass is 405 g/mol. The Morgan fingerprint density at radius 3 is 2.61 bits per heavy atom. The summed E-state index contributed by atoms with van der Waals surface area (Å²) in [5, 5.41) is 2.51. The quantitative estimate of drug-likeness (QED) is 0.755. The highest BCUT2D eigenvalue weighted by Crippen LogP contribution is 2.29. The second kappa shape index (κ2) is 8.12. The van der Waals surface area contributed by atoms with Gasteiger partial charge in [-0.15, -0.1) is 0 Å². The third kappa shape index (κ3) is 5.37. The molecule has 2 rings (SSSR count). The predicted molar refractivity (Wildman–Crippen MR) is 86.4 cm³/mol. The first-order valence-electron chi connectivity index (χ1n) is 6.37. The summed E-state index contributed by atoms with van der Waals surface area (Å²) in [6.45, 7) is -3.18. The molecular formula is C15H11BrClF2NO3. The molecule has 1 amide bonds. The molecule has 4 nitrogen and oxygen atoms in total. The number of carbonyl (C=O) groups is 1. The van der Waals surface area contributed by atoms with Crippen molar-refractivity contribution >= 4 is 39.1 Å². The third-order valence-electron chi connectivity index (χ3n) is 2.63. The lowest BCUT2D eigenvalue weighted by atomic mass is 10.3. The van der Waals surface area contributed by atoms with E-state index in [1.807, 2.05) is 6.07 Å². The lowest BCUT2D eigenvalue weighted by Gasteiger charge is -2.11. The maximum absolute atomic E-state index is 12.1. The summed E-state index contributed by atoms with van der Waals surface area (Å²) in [4.78, 5) is 11.8. The summed E-state index contributed by atoms with van der Waals surface area (Å²) in [6, 6.07) is 11.1. The molecular weight excluding hydrogens is 396 g/mol. The van der Waals surface area contributed by atoms with E-state index in [9.17, 15) is 13.6 Å². The summed E-state index contributed by atoms with van der Waals surface area (Å²) < 4.78 is 34.6. The molecule has 0 radical (unpaired) electrons. The molecule has 0 bridgehead atoms. The van der Waals surface area contributed by atoms with Crippen LogP contribution >= 0.6 is 27.5 Å².